The van der Waals surface area contributed by atoms with Gasteiger partial charge in [0.1, 0.15) is 0 Å². The molecule has 0 spiro atoms. The lowest BCUT2D eigenvalue weighted by Gasteiger charge is -2.05. The molecule has 0 saturated carbocycles. The first kappa shape index (κ1) is 29.2. The third-order valence-electron chi connectivity index (χ3n) is 5.54. The van der Waals surface area contributed by atoms with Crippen LogP contribution in [0.1, 0.15) is 136 Å². The van der Waals surface area contributed by atoms with Crippen LogP contribution in [0.15, 0.2) is 12.2 Å². The van der Waals surface area contributed by atoms with Gasteiger partial charge in [0.05, 0.1) is 6.61 Å². The summed E-state index contributed by atoms with van der Waals surface area (Å²) in [6.45, 7) is 6.15. The lowest BCUT2D eigenvalue weighted by atomic mass is 10.1. The van der Waals surface area contributed by atoms with E-state index in [1.54, 1.807) is 0 Å². The van der Waals surface area contributed by atoms with Crippen molar-refractivity contribution in [2.75, 3.05) is 19.8 Å². The molecule has 0 amide bonds. The van der Waals surface area contributed by atoms with Crippen LogP contribution in [-0.4, -0.2) is 25.8 Å². The van der Waals surface area contributed by atoms with E-state index in [1.807, 2.05) is 6.92 Å². The fraction of sp³-hybridized carbons (Fsp3) is 0.889. The number of ether oxygens (including phenoxy) is 2. The quantitative estimate of drug-likeness (QED) is 0.0884. The Labute approximate surface area is 188 Å². The molecule has 3 nitrogen and oxygen atoms in total. The van der Waals surface area contributed by atoms with Crippen LogP contribution in [0.5, 0.6) is 0 Å². The first-order chi connectivity index (χ1) is 14.8. The Morgan fingerprint density at radius 2 is 1.10 bits per heavy atom. The fourth-order valence-corrected chi connectivity index (χ4v) is 3.61. The lowest BCUT2D eigenvalue weighted by Crippen LogP contribution is -2.07. The molecule has 0 saturated heterocycles. The summed E-state index contributed by atoms with van der Waals surface area (Å²) in [6.07, 6.45) is 28.5. The highest BCUT2D eigenvalue weighted by atomic mass is 16.5. The average molecular weight is 425 g/mol. The van der Waals surface area contributed by atoms with E-state index in [1.165, 1.54) is 96.3 Å². The van der Waals surface area contributed by atoms with Crippen molar-refractivity contribution in [2.24, 2.45) is 0 Å². The maximum atomic E-state index is 11.6. The number of allylic oxidation sites excluding steroid dienone is 2. The van der Waals surface area contributed by atoms with Gasteiger partial charge < -0.3 is 9.47 Å². The van der Waals surface area contributed by atoms with Gasteiger partial charge in [-0.1, -0.05) is 96.1 Å². The minimum Gasteiger partial charge on any atom is -0.466 e. The van der Waals surface area contributed by atoms with E-state index in [0.717, 1.165) is 25.9 Å². The summed E-state index contributed by atoms with van der Waals surface area (Å²) >= 11 is 0. The molecule has 0 aromatic rings. The van der Waals surface area contributed by atoms with Gasteiger partial charge in [0.25, 0.3) is 0 Å². The second kappa shape index (κ2) is 26.2. The summed E-state index contributed by atoms with van der Waals surface area (Å²) in [6, 6.07) is 0. The van der Waals surface area contributed by atoms with Crippen molar-refractivity contribution in [3.63, 3.8) is 0 Å². The van der Waals surface area contributed by atoms with Crippen molar-refractivity contribution in [3.8, 4) is 0 Å². The predicted octanol–water partition coefficient (Wildman–Crippen LogP) is 8.55. The van der Waals surface area contributed by atoms with Crippen LogP contribution >= 0.6 is 0 Å². The maximum absolute atomic E-state index is 11.6. The first-order valence-electron chi connectivity index (χ1n) is 13.2. The highest BCUT2D eigenvalue weighted by Crippen LogP contribution is 2.12. The van der Waals surface area contributed by atoms with Crippen molar-refractivity contribution < 1.29 is 14.3 Å². The normalized spacial score (nSPS) is 11.4. The Hall–Kier alpha value is -0.830. The molecule has 0 atom stereocenters. The van der Waals surface area contributed by atoms with Crippen molar-refractivity contribution in [1.29, 1.82) is 0 Å². The van der Waals surface area contributed by atoms with E-state index in [4.69, 9.17) is 9.47 Å². The summed E-state index contributed by atoms with van der Waals surface area (Å²) in [4.78, 5) is 11.6. The van der Waals surface area contributed by atoms with Gasteiger partial charge in [0.2, 0.25) is 0 Å². The van der Waals surface area contributed by atoms with Gasteiger partial charge in [0, 0.05) is 26.1 Å². The zero-order valence-electron chi connectivity index (χ0n) is 20.4. The molecule has 30 heavy (non-hydrogen) atoms. The van der Waals surface area contributed by atoms with Crippen LogP contribution in [0, 0.1) is 0 Å². The smallest absolute Gasteiger partial charge is 0.305 e. The lowest BCUT2D eigenvalue weighted by molar-refractivity contribution is -0.144. The molecule has 0 rings (SSSR count). The number of hydrogen-bond donors (Lipinski definition) is 0. The van der Waals surface area contributed by atoms with Gasteiger partial charge in [-0.15, -0.1) is 0 Å². The molecule has 0 aromatic carbocycles. The summed E-state index contributed by atoms with van der Waals surface area (Å²) in [7, 11) is 0. The Kier molecular flexibility index (Phi) is 25.5. The molecule has 0 aliphatic heterocycles. The topological polar surface area (TPSA) is 35.5 Å². The fourth-order valence-electron chi connectivity index (χ4n) is 3.61. The van der Waals surface area contributed by atoms with Crippen LogP contribution in [0.4, 0.5) is 0 Å². The monoisotopic (exact) mass is 424 g/mol. The molecule has 0 heterocycles. The van der Waals surface area contributed by atoms with Gasteiger partial charge in [0.15, 0.2) is 0 Å². The zero-order chi connectivity index (χ0) is 22.0. The van der Waals surface area contributed by atoms with E-state index in [-0.39, 0.29) is 5.97 Å². The van der Waals surface area contributed by atoms with Crippen molar-refractivity contribution in [3.05, 3.63) is 12.2 Å². The highest BCUT2D eigenvalue weighted by Gasteiger charge is 2.02. The second-order valence-electron chi connectivity index (χ2n) is 8.52. The third-order valence-corrected chi connectivity index (χ3v) is 5.54. The molecule has 0 aliphatic rings. The van der Waals surface area contributed by atoms with E-state index < -0.39 is 0 Å². The van der Waals surface area contributed by atoms with Crippen molar-refractivity contribution >= 4 is 5.97 Å². The van der Waals surface area contributed by atoms with Gasteiger partial charge >= 0.3 is 5.97 Å². The molecule has 0 bridgehead atoms. The summed E-state index contributed by atoms with van der Waals surface area (Å²) in [5.41, 5.74) is 0. The molecule has 0 radical (unpaired) electrons. The Morgan fingerprint density at radius 1 is 0.600 bits per heavy atom. The van der Waals surface area contributed by atoms with E-state index in [2.05, 4.69) is 19.1 Å². The maximum Gasteiger partial charge on any atom is 0.305 e. The molecule has 178 valence electrons. The van der Waals surface area contributed by atoms with E-state index >= 15 is 0 Å². The van der Waals surface area contributed by atoms with Gasteiger partial charge in [-0.05, 0) is 39.0 Å². The number of carbonyl (C=O) groups excluding carboxylic acids is 1. The van der Waals surface area contributed by atoms with Crippen molar-refractivity contribution in [1.82, 2.24) is 0 Å². The Bertz CT molecular complexity index is 365. The minimum atomic E-state index is -0.0486. The summed E-state index contributed by atoms with van der Waals surface area (Å²) < 4.78 is 10.4. The minimum absolute atomic E-state index is 0.0486. The van der Waals surface area contributed by atoms with Crippen LogP contribution in [0.2, 0.25) is 0 Å². The molecule has 3 heteroatoms. The largest absolute Gasteiger partial charge is 0.466 e. The van der Waals surface area contributed by atoms with Gasteiger partial charge in [-0.2, -0.15) is 0 Å². The van der Waals surface area contributed by atoms with Gasteiger partial charge in [-0.3, -0.25) is 4.79 Å². The molecule has 0 unspecified atom stereocenters. The standard InChI is InChI=1S/C27H52O3/c1-3-5-6-7-8-9-10-11-12-13-14-15-16-17-18-19-20-21-22-24-27(28)30-26-23-25-29-4-2/h11-12H,3-10,13-26H2,1-2H3/b12-11+. The van der Waals surface area contributed by atoms with Crippen molar-refractivity contribution in [2.45, 2.75) is 136 Å². The molecule has 0 aliphatic carbocycles. The number of esters is 1. The Morgan fingerprint density at radius 3 is 1.63 bits per heavy atom. The van der Waals surface area contributed by atoms with Crippen LogP contribution in [0.3, 0.4) is 0 Å². The summed E-state index contributed by atoms with van der Waals surface area (Å²) in [5, 5.41) is 0. The first-order valence-corrected chi connectivity index (χ1v) is 13.2. The predicted molar refractivity (Wildman–Crippen MR) is 130 cm³/mol. The SMILES string of the molecule is CCCCCCCC/C=C/CCCCCCCCCCCC(=O)OCCCOCC. The molecule has 0 fully saturated rings. The van der Waals surface area contributed by atoms with E-state index in [9.17, 15) is 4.79 Å². The van der Waals surface area contributed by atoms with Crippen LogP contribution in [-0.2, 0) is 14.3 Å². The van der Waals surface area contributed by atoms with Gasteiger partial charge in [-0.25, -0.2) is 0 Å². The van der Waals surface area contributed by atoms with E-state index in [0.29, 0.717) is 19.6 Å². The molecule has 0 N–H and O–H groups in total. The molecular weight excluding hydrogens is 372 g/mol. The molecule has 0 aromatic heterocycles. The Balaban J connectivity index is 3.15. The second-order valence-corrected chi connectivity index (χ2v) is 8.52. The number of carbonyl (C=O) groups is 1. The van der Waals surface area contributed by atoms with Crippen LogP contribution in [0.25, 0.3) is 0 Å². The number of unbranched alkanes of at least 4 members (excludes halogenated alkanes) is 15. The third kappa shape index (κ3) is 25.2. The zero-order valence-corrected chi connectivity index (χ0v) is 20.4. The van der Waals surface area contributed by atoms with Crippen LogP contribution < -0.4 is 0 Å². The average Bonchev–Trinajstić information content (AvgIpc) is 2.75. The number of hydrogen-bond acceptors (Lipinski definition) is 3. The number of rotatable bonds is 24. The highest BCUT2D eigenvalue weighted by molar-refractivity contribution is 5.69. The summed E-state index contributed by atoms with van der Waals surface area (Å²) in [5.74, 6) is -0.0486. The molecular formula is C27H52O3.